The molecule has 0 saturated heterocycles. The molecule has 7 N–H and O–H groups in total. The van der Waals surface area contributed by atoms with Crippen molar-refractivity contribution < 1.29 is 63.2 Å². The van der Waals surface area contributed by atoms with Crippen LogP contribution in [0.4, 0.5) is 0 Å². The van der Waals surface area contributed by atoms with Crippen LogP contribution >= 0.6 is 0 Å². The van der Waals surface area contributed by atoms with Gasteiger partial charge in [0.25, 0.3) is 5.91 Å². The maximum absolute atomic E-state index is 13.6. The van der Waals surface area contributed by atoms with E-state index in [1.807, 2.05) is 0 Å². The highest BCUT2D eigenvalue weighted by Gasteiger charge is 2.59. The van der Waals surface area contributed by atoms with E-state index in [0.29, 0.717) is 40.9 Å². The summed E-state index contributed by atoms with van der Waals surface area (Å²) in [4.78, 5) is 114. The van der Waals surface area contributed by atoms with Gasteiger partial charge in [-0.15, -0.1) is 5.75 Å². The number of rotatable bonds is 29. The molecule has 0 aromatic heterocycles. The Labute approximate surface area is 508 Å². The SMILES string of the molecule is CC(C)CCC[C@@H](C)C1CC[C@H]2[C@H]3CC=C4C[C@@H](NCCCNC(=O)[C@H](CCC(=O)[O-])NC(=O)[C@H](CCC(=O)[O-])NC(=O)CCNC(=O)CCNC(=O)c5ccc(-c6c7ccc(=O)cc-7oc7cc([O-])ccc67)c(C(=O)O)c5)CCC4(C)C3CCC12C. The topological polar surface area (TPSA) is 328 Å². The van der Waals surface area contributed by atoms with Crippen molar-refractivity contribution in [1.29, 1.82) is 0 Å². The lowest BCUT2D eigenvalue weighted by atomic mass is 9.47. The molecule has 2 aromatic carbocycles. The Morgan fingerprint density at radius 1 is 0.690 bits per heavy atom. The number of hydrogen-bond acceptors (Lipinski definition) is 14. The molecule has 5 amide bonds. The lowest BCUT2D eigenvalue weighted by molar-refractivity contribution is -0.307. The quantitative estimate of drug-likeness (QED) is 0.0201. The third-order valence-electron chi connectivity index (χ3n) is 19.7. The van der Waals surface area contributed by atoms with E-state index in [-0.39, 0.29) is 83.5 Å². The molecule has 20 nitrogen and oxygen atoms in total. The maximum atomic E-state index is 13.6. The molecular formula is C67H85N6O14-3. The second-order valence-corrected chi connectivity index (χ2v) is 25.8. The average Bonchev–Trinajstić information content (AvgIpc) is 1.73. The highest BCUT2D eigenvalue weighted by Crippen LogP contribution is 2.67. The van der Waals surface area contributed by atoms with Crippen LogP contribution in [0.2, 0.25) is 0 Å². The molecule has 6 aliphatic rings. The minimum absolute atomic E-state index is 0.0469. The van der Waals surface area contributed by atoms with Crippen LogP contribution in [-0.4, -0.2) is 96.9 Å². The van der Waals surface area contributed by atoms with Crippen molar-refractivity contribution in [2.45, 2.75) is 168 Å². The van der Waals surface area contributed by atoms with Crippen LogP contribution < -0.4 is 52.6 Å². The van der Waals surface area contributed by atoms with Gasteiger partial charge in [0.05, 0.1) is 5.56 Å². The average molecular weight is 1200 g/mol. The molecule has 4 unspecified atom stereocenters. The van der Waals surface area contributed by atoms with Gasteiger partial charge in [-0.05, 0) is 172 Å². The lowest BCUT2D eigenvalue weighted by Gasteiger charge is -2.58. The molecule has 1 heterocycles. The summed E-state index contributed by atoms with van der Waals surface area (Å²) in [5, 5.41) is 62.3. The van der Waals surface area contributed by atoms with Gasteiger partial charge < -0.3 is 66.3 Å². The van der Waals surface area contributed by atoms with Crippen LogP contribution in [-0.2, 0) is 28.8 Å². The molecule has 470 valence electrons. The minimum Gasteiger partial charge on any atom is -0.872 e. The normalized spacial score (nSPS) is 23.2. The largest absolute Gasteiger partial charge is 0.872 e. The van der Waals surface area contributed by atoms with E-state index in [0.717, 1.165) is 60.8 Å². The van der Waals surface area contributed by atoms with Gasteiger partial charge in [-0.2, -0.15) is 0 Å². The number of allylic oxidation sites excluding steroid dienone is 1. The van der Waals surface area contributed by atoms with Gasteiger partial charge >= 0.3 is 5.97 Å². The smallest absolute Gasteiger partial charge is 0.336 e. The number of carbonyl (C=O) groups excluding carboxylic acids is 7. The van der Waals surface area contributed by atoms with Gasteiger partial charge in [0.15, 0.2) is 5.43 Å². The molecule has 2 aromatic rings. The van der Waals surface area contributed by atoms with Crippen LogP contribution in [0, 0.1) is 46.3 Å². The van der Waals surface area contributed by atoms with Crippen molar-refractivity contribution in [3.05, 3.63) is 87.6 Å². The van der Waals surface area contributed by atoms with Crippen molar-refractivity contribution in [3.8, 4) is 28.2 Å². The summed E-state index contributed by atoms with van der Waals surface area (Å²) in [7, 11) is 0. The summed E-state index contributed by atoms with van der Waals surface area (Å²) < 4.78 is 5.83. The number of benzene rings is 3. The molecule has 0 radical (unpaired) electrons. The van der Waals surface area contributed by atoms with Crippen LogP contribution in [0.15, 0.2) is 75.5 Å². The van der Waals surface area contributed by atoms with E-state index in [1.54, 1.807) is 5.57 Å². The Morgan fingerprint density at radius 3 is 2.13 bits per heavy atom. The standard InChI is InChI=1S/C67H88N6O14/c1-38(2)8-6-9-39(3)50-18-19-51-46-15-11-41-35-42(24-28-66(41,4)52(46)25-29-67(50,51)5)68-30-7-31-70-63(83)53(20-22-59(78)79)73-64(84)54(21-23-60(80)81)72-58(77)27-32-69-57(76)26-33-71-62(82)40-10-14-45(49(34-40)65(85)86)61-47-16-12-43(74)36-55(47)87-56-37-44(75)13-17-48(56)61/h10-14,16-17,34,36-39,42,46,50-54,68,74H,6-9,15,18-33,35H2,1-5H3,(H,69,76)(H,70,83)(H,71,82)(H,72,77)(H,73,84)(H,78,79)(H,80,81)(H,85,86)/p-3/t39-,42+,46-,50?,51+,52?,53+,54+,66?,67?/m1/s1. The highest BCUT2D eigenvalue weighted by molar-refractivity contribution is 6.09. The number of aromatic carboxylic acids is 1. The lowest BCUT2D eigenvalue weighted by Crippen LogP contribution is -2.54. The molecule has 10 atom stereocenters. The molecule has 8 rings (SSSR count). The van der Waals surface area contributed by atoms with E-state index in [2.05, 4.69) is 72.6 Å². The van der Waals surface area contributed by atoms with Crippen LogP contribution in [0.3, 0.4) is 0 Å². The van der Waals surface area contributed by atoms with E-state index in [1.165, 1.54) is 99.9 Å². The van der Waals surface area contributed by atoms with Gasteiger partial charge in [-0.3, -0.25) is 28.8 Å². The van der Waals surface area contributed by atoms with E-state index < -0.39 is 78.8 Å². The molecule has 3 saturated carbocycles. The summed E-state index contributed by atoms with van der Waals surface area (Å²) in [5.74, 6) is -3.59. The predicted octanol–water partition coefficient (Wildman–Crippen LogP) is 5.50. The van der Waals surface area contributed by atoms with Crippen LogP contribution in [0.5, 0.6) is 5.75 Å². The first-order valence-electron chi connectivity index (χ1n) is 31.3. The number of carbonyl (C=O) groups is 8. The first kappa shape index (κ1) is 65.4. The van der Waals surface area contributed by atoms with E-state index in [4.69, 9.17) is 4.42 Å². The fourth-order valence-corrected chi connectivity index (χ4v) is 15.2. The number of fused-ring (bicyclic) bond motifs is 7. The predicted molar refractivity (Wildman–Crippen MR) is 320 cm³/mol. The number of amides is 5. The summed E-state index contributed by atoms with van der Waals surface area (Å²) in [6.07, 6.45) is 14.3. The van der Waals surface area contributed by atoms with Crippen molar-refractivity contribution in [2.24, 2.45) is 46.3 Å². The summed E-state index contributed by atoms with van der Waals surface area (Å²) in [6.45, 7) is 12.8. The number of carboxylic acids is 3. The van der Waals surface area contributed by atoms with Gasteiger partial charge in [0, 0.05) is 78.6 Å². The first-order chi connectivity index (χ1) is 41.4. The first-order valence-corrected chi connectivity index (χ1v) is 31.3. The van der Waals surface area contributed by atoms with Crippen molar-refractivity contribution >= 4 is 58.4 Å². The molecule has 5 aliphatic carbocycles. The van der Waals surface area contributed by atoms with Crippen LogP contribution in [0.1, 0.15) is 171 Å². The van der Waals surface area contributed by atoms with Gasteiger partial charge in [0.2, 0.25) is 23.6 Å². The zero-order chi connectivity index (χ0) is 62.7. The molecular weight excluding hydrogens is 1110 g/mol. The zero-order valence-electron chi connectivity index (χ0n) is 50.8. The van der Waals surface area contributed by atoms with E-state index in [9.17, 15) is 63.6 Å². The highest BCUT2D eigenvalue weighted by atomic mass is 16.4. The fraction of sp³-hybridized carbons (Fsp3) is 0.567. The number of hydrogen-bond donors (Lipinski definition) is 7. The van der Waals surface area contributed by atoms with E-state index >= 15 is 0 Å². The summed E-state index contributed by atoms with van der Waals surface area (Å²) in [6, 6.07) is 9.44. The monoisotopic (exact) mass is 1200 g/mol. The molecule has 0 bridgehead atoms. The van der Waals surface area contributed by atoms with Gasteiger partial charge in [-0.1, -0.05) is 83.7 Å². The fourth-order valence-electron chi connectivity index (χ4n) is 15.2. The Morgan fingerprint density at radius 2 is 1.40 bits per heavy atom. The number of aliphatic carboxylic acids is 2. The Balaban J connectivity index is 0.768. The van der Waals surface area contributed by atoms with Crippen molar-refractivity contribution in [3.63, 3.8) is 0 Å². The van der Waals surface area contributed by atoms with Gasteiger partial charge in [-0.25, -0.2) is 4.79 Å². The Bertz CT molecular complexity index is 3260. The molecule has 20 heteroatoms. The van der Waals surface area contributed by atoms with Crippen LogP contribution in [0.25, 0.3) is 33.4 Å². The third-order valence-corrected chi connectivity index (χ3v) is 19.7. The molecule has 87 heavy (non-hydrogen) atoms. The zero-order valence-corrected chi connectivity index (χ0v) is 50.8. The molecule has 3 fully saturated rings. The summed E-state index contributed by atoms with van der Waals surface area (Å²) in [5.41, 5.74) is 2.62. The Hall–Kier alpha value is -7.61. The summed E-state index contributed by atoms with van der Waals surface area (Å²) >= 11 is 0. The Kier molecular flexibility index (Phi) is 21.7. The number of carboxylic acid groups (broad SMARTS) is 3. The minimum atomic E-state index is -1.51. The number of nitrogens with one attached hydrogen (secondary N) is 6. The van der Waals surface area contributed by atoms with Gasteiger partial charge in [0.1, 0.15) is 23.4 Å². The van der Waals surface area contributed by atoms with Crippen molar-refractivity contribution in [1.82, 2.24) is 31.9 Å². The third kappa shape index (κ3) is 15.9. The maximum Gasteiger partial charge on any atom is 0.336 e. The molecule has 1 aliphatic heterocycles. The van der Waals surface area contributed by atoms with Crippen molar-refractivity contribution in [2.75, 3.05) is 26.2 Å². The molecule has 0 spiro atoms. The second kappa shape index (κ2) is 28.9. The second-order valence-electron chi connectivity index (χ2n) is 25.8.